The van der Waals surface area contributed by atoms with Crippen LogP contribution in [0, 0.1) is 11.8 Å². The zero-order valence-corrected chi connectivity index (χ0v) is 23.0. The number of nitrogens with zero attached hydrogens (tertiary/aromatic N) is 2. The minimum atomic E-state index is -0.0372. The highest BCUT2D eigenvalue weighted by Crippen LogP contribution is 2.53. The standard InChI is InChI=1S/C32H36ClN3O2/c1-19(2)31(37)21-7-10-23-26(18-21)29-14-13-28(23)36(29)17-15-20-5-8-22(9-6-20)35-32(38)25-11-12-27(33)30-24(25)4-3-16-34-30/h3-4,7,10-12,16,18-20,22,28-29H,5-6,8-9,13-15,17H2,1-2H3,(H,35,38)/t20?,22?,28-,29+/m0/s1. The van der Waals surface area contributed by atoms with Crippen molar-refractivity contribution in [1.82, 2.24) is 15.2 Å². The minimum absolute atomic E-state index is 0.0326. The van der Waals surface area contributed by atoms with E-state index in [1.54, 1.807) is 18.3 Å². The van der Waals surface area contributed by atoms with Gasteiger partial charge in [-0.2, -0.15) is 0 Å². The summed E-state index contributed by atoms with van der Waals surface area (Å²) in [5.74, 6) is 0.937. The first-order chi connectivity index (χ1) is 18.4. The molecule has 2 aliphatic heterocycles. The molecule has 198 valence electrons. The van der Waals surface area contributed by atoms with E-state index in [0.717, 1.165) is 43.2 Å². The van der Waals surface area contributed by atoms with Gasteiger partial charge < -0.3 is 5.32 Å². The van der Waals surface area contributed by atoms with E-state index in [1.807, 2.05) is 32.0 Å². The quantitative estimate of drug-likeness (QED) is 0.326. The molecule has 1 saturated carbocycles. The van der Waals surface area contributed by atoms with Crippen LogP contribution in [-0.4, -0.2) is 34.2 Å². The predicted octanol–water partition coefficient (Wildman–Crippen LogP) is 7.30. The molecule has 1 saturated heterocycles. The number of amides is 1. The molecule has 1 N–H and O–H groups in total. The molecule has 0 spiro atoms. The van der Waals surface area contributed by atoms with Crippen LogP contribution in [0.2, 0.25) is 5.02 Å². The highest BCUT2D eigenvalue weighted by molar-refractivity contribution is 6.35. The molecule has 1 aliphatic carbocycles. The number of benzene rings is 2. The fourth-order valence-corrected chi connectivity index (χ4v) is 7.24. The molecule has 0 unspecified atom stereocenters. The number of hydrogen-bond donors (Lipinski definition) is 1. The van der Waals surface area contributed by atoms with E-state index in [4.69, 9.17) is 11.6 Å². The number of carbonyl (C=O) groups is 2. The monoisotopic (exact) mass is 529 g/mol. The molecule has 2 bridgehead atoms. The number of pyridine rings is 1. The molecule has 2 aromatic carbocycles. The Morgan fingerprint density at radius 3 is 2.53 bits per heavy atom. The molecule has 5 nitrogen and oxygen atoms in total. The van der Waals surface area contributed by atoms with Crippen molar-refractivity contribution in [3.8, 4) is 0 Å². The van der Waals surface area contributed by atoms with Crippen LogP contribution in [0.5, 0.6) is 0 Å². The maximum absolute atomic E-state index is 13.1. The number of ketones is 1. The third-order valence-electron chi connectivity index (χ3n) is 9.07. The van der Waals surface area contributed by atoms with Gasteiger partial charge in [0.15, 0.2) is 5.78 Å². The Hall–Kier alpha value is -2.76. The average Bonchev–Trinajstić information content (AvgIpc) is 3.48. The predicted molar refractivity (Wildman–Crippen MR) is 152 cm³/mol. The van der Waals surface area contributed by atoms with Gasteiger partial charge in [-0.25, -0.2) is 0 Å². The number of carbonyl (C=O) groups excluding carboxylic acids is 2. The third kappa shape index (κ3) is 4.65. The van der Waals surface area contributed by atoms with E-state index >= 15 is 0 Å². The number of hydrogen-bond acceptors (Lipinski definition) is 4. The van der Waals surface area contributed by atoms with E-state index in [1.165, 1.54) is 30.4 Å². The van der Waals surface area contributed by atoms with Crippen molar-refractivity contribution in [1.29, 1.82) is 0 Å². The Morgan fingerprint density at radius 2 is 1.76 bits per heavy atom. The highest BCUT2D eigenvalue weighted by Gasteiger charge is 2.43. The lowest BCUT2D eigenvalue weighted by Gasteiger charge is -2.31. The summed E-state index contributed by atoms with van der Waals surface area (Å²) < 4.78 is 0. The van der Waals surface area contributed by atoms with Crippen LogP contribution >= 0.6 is 11.6 Å². The van der Waals surface area contributed by atoms with Crippen molar-refractivity contribution in [3.63, 3.8) is 0 Å². The first kappa shape index (κ1) is 25.5. The van der Waals surface area contributed by atoms with E-state index in [-0.39, 0.29) is 23.7 Å². The second-order valence-electron chi connectivity index (χ2n) is 11.7. The van der Waals surface area contributed by atoms with Gasteiger partial charge in [-0.3, -0.25) is 19.5 Å². The fourth-order valence-electron chi connectivity index (χ4n) is 7.02. The van der Waals surface area contributed by atoms with Gasteiger partial charge in [0, 0.05) is 46.8 Å². The van der Waals surface area contributed by atoms with E-state index in [0.29, 0.717) is 34.1 Å². The van der Waals surface area contributed by atoms with Crippen molar-refractivity contribution in [2.75, 3.05) is 6.54 Å². The van der Waals surface area contributed by atoms with Crippen molar-refractivity contribution in [2.45, 2.75) is 76.9 Å². The molecule has 1 amide bonds. The molecule has 0 radical (unpaired) electrons. The first-order valence-electron chi connectivity index (χ1n) is 14.2. The summed E-state index contributed by atoms with van der Waals surface area (Å²) in [6.07, 6.45) is 9.67. The molecule has 3 aliphatic rings. The number of fused-ring (bicyclic) bond motifs is 6. The van der Waals surface area contributed by atoms with Gasteiger partial charge in [0.25, 0.3) is 5.91 Å². The van der Waals surface area contributed by atoms with Crippen molar-refractivity contribution in [2.24, 2.45) is 11.8 Å². The van der Waals surface area contributed by atoms with Gasteiger partial charge in [0.05, 0.1) is 10.5 Å². The topological polar surface area (TPSA) is 62.3 Å². The second kappa shape index (κ2) is 10.4. The number of rotatable bonds is 7. The van der Waals surface area contributed by atoms with Crippen LogP contribution in [-0.2, 0) is 0 Å². The van der Waals surface area contributed by atoms with Crippen LogP contribution in [0.1, 0.15) is 103 Å². The van der Waals surface area contributed by atoms with E-state index in [2.05, 4.69) is 27.3 Å². The maximum Gasteiger partial charge on any atom is 0.252 e. The van der Waals surface area contributed by atoms with Crippen molar-refractivity contribution in [3.05, 3.63) is 75.9 Å². The highest BCUT2D eigenvalue weighted by atomic mass is 35.5. The number of nitrogens with one attached hydrogen (secondary N) is 1. The number of halogens is 1. The molecule has 2 atom stereocenters. The van der Waals surface area contributed by atoms with E-state index < -0.39 is 0 Å². The minimum Gasteiger partial charge on any atom is -0.349 e. The molecule has 6 rings (SSSR count). The zero-order chi connectivity index (χ0) is 26.4. The molecule has 3 heterocycles. The van der Waals surface area contributed by atoms with Gasteiger partial charge in [-0.1, -0.05) is 43.6 Å². The van der Waals surface area contributed by atoms with Gasteiger partial charge in [-0.15, -0.1) is 0 Å². The summed E-state index contributed by atoms with van der Waals surface area (Å²) in [5.41, 5.74) is 5.02. The Bertz CT molecular complexity index is 1380. The summed E-state index contributed by atoms with van der Waals surface area (Å²) in [6.45, 7) is 5.07. The summed E-state index contributed by atoms with van der Waals surface area (Å²) in [5, 5.41) is 4.64. The Morgan fingerprint density at radius 1 is 1.00 bits per heavy atom. The lowest BCUT2D eigenvalue weighted by Crippen LogP contribution is -2.38. The van der Waals surface area contributed by atoms with Crippen LogP contribution in [0.25, 0.3) is 10.9 Å². The van der Waals surface area contributed by atoms with Crippen molar-refractivity contribution >= 4 is 34.2 Å². The zero-order valence-electron chi connectivity index (χ0n) is 22.3. The van der Waals surface area contributed by atoms with Gasteiger partial charge >= 0.3 is 0 Å². The molecular formula is C32H36ClN3O2. The van der Waals surface area contributed by atoms with Crippen LogP contribution < -0.4 is 5.32 Å². The summed E-state index contributed by atoms with van der Waals surface area (Å²) in [6, 6.07) is 14.9. The Labute approximate surface area is 230 Å². The maximum atomic E-state index is 13.1. The van der Waals surface area contributed by atoms with Crippen LogP contribution in [0.3, 0.4) is 0 Å². The lowest BCUT2D eigenvalue weighted by molar-refractivity contribution is 0.0917. The van der Waals surface area contributed by atoms with E-state index in [9.17, 15) is 9.59 Å². The van der Waals surface area contributed by atoms with Crippen molar-refractivity contribution < 1.29 is 9.59 Å². The SMILES string of the molecule is CC(C)C(=O)c1ccc2c(c1)[C@H]1CC[C@@H]2N1CCC1CCC(NC(=O)c2ccc(Cl)c3ncccc23)CC1. The summed E-state index contributed by atoms with van der Waals surface area (Å²) in [7, 11) is 0. The average molecular weight is 530 g/mol. The lowest BCUT2D eigenvalue weighted by atomic mass is 9.84. The Balaban J connectivity index is 1.03. The van der Waals surface area contributed by atoms with Gasteiger partial charge in [-0.05, 0) is 92.8 Å². The molecular weight excluding hydrogens is 494 g/mol. The van der Waals surface area contributed by atoms with Gasteiger partial charge in [0.2, 0.25) is 0 Å². The fraction of sp³-hybridized carbons (Fsp3) is 0.469. The number of aromatic nitrogens is 1. The Kier molecular flexibility index (Phi) is 7.00. The normalized spacial score (nSPS) is 24.6. The molecule has 3 aromatic rings. The van der Waals surface area contributed by atoms with Crippen LogP contribution in [0.15, 0.2) is 48.7 Å². The van der Waals surface area contributed by atoms with Crippen LogP contribution in [0.4, 0.5) is 0 Å². The molecule has 2 fully saturated rings. The second-order valence-corrected chi connectivity index (χ2v) is 12.1. The molecule has 6 heteroatoms. The number of Topliss-reactive ketones (excluding diaryl/α,β-unsaturated/α-hetero) is 1. The first-order valence-corrected chi connectivity index (χ1v) is 14.6. The summed E-state index contributed by atoms with van der Waals surface area (Å²) in [4.78, 5) is 32.7. The molecule has 1 aromatic heterocycles. The summed E-state index contributed by atoms with van der Waals surface area (Å²) >= 11 is 6.29. The largest absolute Gasteiger partial charge is 0.349 e. The third-order valence-corrected chi connectivity index (χ3v) is 9.38. The van der Waals surface area contributed by atoms with Gasteiger partial charge in [0.1, 0.15) is 0 Å². The smallest absolute Gasteiger partial charge is 0.252 e. The molecule has 38 heavy (non-hydrogen) atoms.